The summed E-state index contributed by atoms with van der Waals surface area (Å²) in [5.41, 5.74) is 4.71. The Hall–Kier alpha value is -2.29. The number of nitrogens with one attached hydrogen (secondary N) is 1. The minimum absolute atomic E-state index is 0.0456. The van der Waals surface area contributed by atoms with E-state index in [0.717, 1.165) is 18.7 Å². The molecule has 0 atom stereocenters. The van der Waals surface area contributed by atoms with Gasteiger partial charge in [-0.2, -0.15) is 0 Å². The average Bonchev–Trinajstić information content (AvgIpc) is 2.92. The first-order chi connectivity index (χ1) is 9.78. The molecule has 0 aromatic heterocycles. The summed E-state index contributed by atoms with van der Waals surface area (Å²) in [6.07, 6.45) is 1.59. The second-order valence-electron chi connectivity index (χ2n) is 4.98. The van der Waals surface area contributed by atoms with Crippen molar-refractivity contribution in [1.82, 2.24) is 0 Å². The number of carbonyl (C=O) groups is 1. The first-order valence-corrected chi connectivity index (χ1v) is 7.03. The molecule has 3 nitrogen and oxygen atoms in total. The van der Waals surface area contributed by atoms with Crippen molar-refractivity contribution in [3.63, 3.8) is 0 Å². The minimum Gasteiger partial charge on any atom is -0.341 e. The zero-order valence-corrected chi connectivity index (χ0v) is 11.6. The van der Waals surface area contributed by atoms with Crippen LogP contribution in [0.15, 0.2) is 48.5 Å². The molecule has 20 heavy (non-hydrogen) atoms. The number of nitrogens with zero attached hydrogens (tertiary/aromatic N) is 1. The van der Waals surface area contributed by atoms with E-state index in [1.165, 1.54) is 16.9 Å². The van der Waals surface area contributed by atoms with Crippen molar-refractivity contribution in [1.29, 1.82) is 0 Å². The monoisotopic (exact) mass is 266 g/mol. The van der Waals surface area contributed by atoms with Crippen LogP contribution in [0, 0.1) is 0 Å². The summed E-state index contributed by atoms with van der Waals surface area (Å²) in [6.45, 7) is 2.87. The summed E-state index contributed by atoms with van der Waals surface area (Å²) in [5, 5.41) is 2.87. The zero-order valence-electron chi connectivity index (χ0n) is 11.6. The first-order valence-electron chi connectivity index (χ1n) is 7.03. The van der Waals surface area contributed by atoms with Crippen molar-refractivity contribution in [3.05, 3.63) is 54.1 Å². The van der Waals surface area contributed by atoms with Gasteiger partial charge < -0.3 is 10.2 Å². The number of amides is 1. The van der Waals surface area contributed by atoms with Crippen molar-refractivity contribution >= 4 is 23.0 Å². The third kappa shape index (κ3) is 2.39. The van der Waals surface area contributed by atoms with Gasteiger partial charge in [0.05, 0.1) is 0 Å². The van der Waals surface area contributed by atoms with Crippen LogP contribution in [0.25, 0.3) is 0 Å². The number of carbonyl (C=O) groups excluding carboxylic acids is 1. The molecule has 2 aromatic rings. The van der Waals surface area contributed by atoms with Crippen molar-refractivity contribution in [2.75, 3.05) is 16.8 Å². The second-order valence-corrected chi connectivity index (χ2v) is 4.98. The fourth-order valence-electron chi connectivity index (χ4n) is 2.58. The number of hydrogen-bond donors (Lipinski definition) is 1. The highest BCUT2D eigenvalue weighted by Crippen LogP contribution is 2.34. The molecule has 0 saturated heterocycles. The van der Waals surface area contributed by atoms with Gasteiger partial charge in [-0.25, -0.2) is 0 Å². The molecule has 1 N–H and O–H groups in total. The molecule has 3 rings (SSSR count). The lowest BCUT2D eigenvalue weighted by Gasteiger charge is -2.19. The van der Waals surface area contributed by atoms with Crippen LogP contribution in [0.2, 0.25) is 0 Å². The Morgan fingerprint density at radius 3 is 2.65 bits per heavy atom. The molecule has 0 saturated carbocycles. The molecule has 0 unspecified atom stereocenters. The van der Waals surface area contributed by atoms with Crippen molar-refractivity contribution in [2.45, 2.75) is 19.8 Å². The fourth-order valence-corrected chi connectivity index (χ4v) is 2.58. The molecule has 102 valence electrons. The molecule has 0 spiro atoms. The molecule has 1 aliphatic rings. The smallest absolute Gasteiger partial charge is 0.224 e. The van der Waals surface area contributed by atoms with Crippen LogP contribution in [-0.2, 0) is 11.2 Å². The lowest BCUT2D eigenvalue weighted by Crippen LogP contribution is -2.13. The van der Waals surface area contributed by atoms with Crippen LogP contribution in [0.3, 0.4) is 0 Å². The van der Waals surface area contributed by atoms with Gasteiger partial charge in [-0.3, -0.25) is 4.79 Å². The van der Waals surface area contributed by atoms with E-state index in [4.69, 9.17) is 0 Å². The zero-order chi connectivity index (χ0) is 13.9. The van der Waals surface area contributed by atoms with Crippen LogP contribution < -0.4 is 10.2 Å². The van der Waals surface area contributed by atoms with Gasteiger partial charge in [0.25, 0.3) is 0 Å². The van der Waals surface area contributed by atoms with Crippen molar-refractivity contribution < 1.29 is 4.79 Å². The van der Waals surface area contributed by atoms with E-state index in [-0.39, 0.29) is 5.91 Å². The van der Waals surface area contributed by atoms with Gasteiger partial charge in [-0.15, -0.1) is 0 Å². The largest absolute Gasteiger partial charge is 0.341 e. The molecule has 1 aliphatic heterocycles. The molecule has 2 aromatic carbocycles. The number of anilines is 3. The topological polar surface area (TPSA) is 32.3 Å². The van der Waals surface area contributed by atoms with Gasteiger partial charge in [0.15, 0.2) is 0 Å². The highest BCUT2D eigenvalue weighted by molar-refractivity contribution is 5.90. The van der Waals surface area contributed by atoms with Gasteiger partial charge in [0.2, 0.25) is 5.91 Å². The third-order valence-corrected chi connectivity index (χ3v) is 3.67. The molecule has 0 bridgehead atoms. The molecule has 0 radical (unpaired) electrons. The number of rotatable bonds is 3. The Balaban J connectivity index is 1.81. The normalized spacial score (nSPS) is 13.2. The predicted molar refractivity (Wildman–Crippen MR) is 82.5 cm³/mol. The first kappa shape index (κ1) is 12.7. The maximum Gasteiger partial charge on any atom is 0.224 e. The van der Waals surface area contributed by atoms with Gasteiger partial charge in [0.1, 0.15) is 0 Å². The van der Waals surface area contributed by atoms with E-state index in [0.29, 0.717) is 6.42 Å². The van der Waals surface area contributed by atoms with E-state index in [2.05, 4.69) is 46.6 Å². The van der Waals surface area contributed by atoms with Crippen LogP contribution in [0.4, 0.5) is 17.1 Å². The van der Waals surface area contributed by atoms with Gasteiger partial charge in [-0.1, -0.05) is 25.1 Å². The molecule has 0 fully saturated rings. The highest BCUT2D eigenvalue weighted by atomic mass is 16.1. The predicted octanol–water partition coefficient (Wildman–Crippen LogP) is 3.73. The maximum atomic E-state index is 11.4. The van der Waals surface area contributed by atoms with Crippen LogP contribution in [-0.4, -0.2) is 12.5 Å². The summed E-state index contributed by atoms with van der Waals surface area (Å²) in [5.74, 6) is 0.0456. The standard InChI is InChI=1S/C17H18N2O/c1-2-17(20)18-14-7-9-15(10-8-14)19-12-11-13-5-3-4-6-16(13)19/h3-10H,2,11-12H2,1H3,(H,18,20). The van der Waals surface area contributed by atoms with E-state index < -0.39 is 0 Å². The third-order valence-electron chi connectivity index (χ3n) is 3.67. The molecule has 0 aliphatic carbocycles. The summed E-state index contributed by atoms with van der Waals surface area (Å²) in [4.78, 5) is 13.7. The number of hydrogen-bond acceptors (Lipinski definition) is 2. The molecule has 1 heterocycles. The van der Waals surface area contributed by atoms with Crippen LogP contribution >= 0.6 is 0 Å². The molecular formula is C17H18N2O. The maximum absolute atomic E-state index is 11.4. The summed E-state index contributed by atoms with van der Waals surface area (Å²) in [6, 6.07) is 16.6. The lowest BCUT2D eigenvalue weighted by atomic mass is 10.2. The Kier molecular flexibility index (Phi) is 3.42. The van der Waals surface area contributed by atoms with Crippen LogP contribution in [0.1, 0.15) is 18.9 Å². The van der Waals surface area contributed by atoms with E-state index in [1.54, 1.807) is 0 Å². The Morgan fingerprint density at radius 2 is 1.90 bits per heavy atom. The average molecular weight is 266 g/mol. The van der Waals surface area contributed by atoms with E-state index in [9.17, 15) is 4.79 Å². The Bertz CT molecular complexity index is 619. The second kappa shape index (κ2) is 5.37. The molecular weight excluding hydrogens is 248 g/mol. The van der Waals surface area contributed by atoms with Gasteiger partial charge in [0, 0.05) is 30.0 Å². The fraction of sp³-hybridized carbons (Fsp3) is 0.235. The number of fused-ring (bicyclic) bond motifs is 1. The highest BCUT2D eigenvalue weighted by Gasteiger charge is 2.19. The SMILES string of the molecule is CCC(=O)Nc1ccc(N2CCc3ccccc32)cc1. The summed E-state index contributed by atoms with van der Waals surface area (Å²) in [7, 11) is 0. The van der Waals surface area contributed by atoms with Crippen LogP contribution in [0.5, 0.6) is 0 Å². The molecule has 1 amide bonds. The Labute approximate surface area is 119 Å². The molecule has 3 heteroatoms. The quantitative estimate of drug-likeness (QED) is 0.918. The summed E-state index contributed by atoms with van der Waals surface area (Å²) < 4.78 is 0. The number of benzene rings is 2. The Morgan fingerprint density at radius 1 is 1.15 bits per heavy atom. The summed E-state index contributed by atoms with van der Waals surface area (Å²) >= 11 is 0. The van der Waals surface area contributed by atoms with Gasteiger partial charge in [-0.05, 0) is 42.3 Å². The van der Waals surface area contributed by atoms with E-state index in [1.807, 2.05) is 19.1 Å². The van der Waals surface area contributed by atoms with Crippen molar-refractivity contribution in [2.24, 2.45) is 0 Å². The van der Waals surface area contributed by atoms with Gasteiger partial charge >= 0.3 is 0 Å². The minimum atomic E-state index is 0.0456. The number of para-hydroxylation sites is 1. The van der Waals surface area contributed by atoms with Crippen molar-refractivity contribution in [3.8, 4) is 0 Å². The van der Waals surface area contributed by atoms with E-state index >= 15 is 0 Å². The lowest BCUT2D eigenvalue weighted by molar-refractivity contribution is -0.115.